The van der Waals surface area contributed by atoms with E-state index in [-0.39, 0.29) is 35.5 Å². The molecule has 0 bridgehead atoms. The number of hydrogen-bond acceptors (Lipinski definition) is 7. The standard InChI is InChI=1S/C18H15ClN2O7/c1-9(7-28-8-22)12(18(26)27-2)20-14(19)13(17(20)25)21-15(23)10-5-3-4-6-11(10)16(21)24/h3-6,8,13-14H,7H2,1-2H3/t13-,14+/m1/s1. The Morgan fingerprint density at radius 2 is 1.75 bits per heavy atom. The van der Waals surface area contributed by atoms with Crippen molar-refractivity contribution in [1.29, 1.82) is 0 Å². The molecule has 1 fully saturated rings. The van der Waals surface area contributed by atoms with Gasteiger partial charge in [-0.15, -0.1) is 0 Å². The van der Waals surface area contributed by atoms with Crippen LogP contribution in [0.4, 0.5) is 0 Å². The van der Waals surface area contributed by atoms with E-state index < -0.39 is 35.2 Å². The lowest BCUT2D eigenvalue weighted by Crippen LogP contribution is -2.69. The number of carbonyl (C=O) groups excluding carboxylic acids is 5. The van der Waals surface area contributed by atoms with E-state index in [1.165, 1.54) is 19.1 Å². The highest BCUT2D eigenvalue weighted by Crippen LogP contribution is 2.37. The van der Waals surface area contributed by atoms with Gasteiger partial charge < -0.3 is 9.47 Å². The molecule has 0 spiro atoms. The first-order valence-corrected chi connectivity index (χ1v) is 8.56. The number of imide groups is 1. The van der Waals surface area contributed by atoms with Gasteiger partial charge in [-0.1, -0.05) is 23.7 Å². The molecule has 10 heteroatoms. The number of hydrogen-bond donors (Lipinski definition) is 0. The molecular formula is C18H15ClN2O7. The minimum absolute atomic E-state index is 0.182. The number of methoxy groups -OCH3 is 1. The molecule has 1 aromatic rings. The zero-order valence-electron chi connectivity index (χ0n) is 14.9. The number of alkyl halides is 1. The Balaban J connectivity index is 1.91. The summed E-state index contributed by atoms with van der Waals surface area (Å²) < 4.78 is 9.30. The zero-order valence-corrected chi connectivity index (χ0v) is 15.6. The Hall–Kier alpha value is -3.20. The number of halogens is 1. The number of likely N-dealkylation sites (tertiary alicyclic amines) is 1. The van der Waals surface area contributed by atoms with E-state index in [2.05, 4.69) is 9.47 Å². The van der Waals surface area contributed by atoms with Crippen molar-refractivity contribution in [2.24, 2.45) is 0 Å². The van der Waals surface area contributed by atoms with E-state index in [0.717, 1.165) is 16.9 Å². The Morgan fingerprint density at radius 1 is 1.18 bits per heavy atom. The van der Waals surface area contributed by atoms with Crippen molar-refractivity contribution in [1.82, 2.24) is 9.80 Å². The predicted molar refractivity (Wildman–Crippen MR) is 93.9 cm³/mol. The van der Waals surface area contributed by atoms with E-state index >= 15 is 0 Å². The number of esters is 1. The van der Waals surface area contributed by atoms with Crippen molar-refractivity contribution >= 4 is 41.8 Å². The summed E-state index contributed by atoms with van der Waals surface area (Å²) in [5.41, 5.74) is -0.806. The number of carbonyl (C=O) groups is 5. The first-order chi connectivity index (χ1) is 13.3. The van der Waals surface area contributed by atoms with Gasteiger partial charge in [0.1, 0.15) is 17.8 Å². The van der Waals surface area contributed by atoms with Crippen molar-refractivity contribution in [2.75, 3.05) is 13.7 Å². The summed E-state index contributed by atoms with van der Waals surface area (Å²) in [7, 11) is 1.12. The normalized spacial score (nSPS) is 21.8. The smallest absolute Gasteiger partial charge is 0.354 e. The largest absolute Gasteiger partial charge is 0.464 e. The topological polar surface area (TPSA) is 110 Å². The lowest BCUT2D eigenvalue weighted by molar-refractivity contribution is -0.153. The summed E-state index contributed by atoms with van der Waals surface area (Å²) in [6.07, 6.45) is 0. The highest BCUT2D eigenvalue weighted by atomic mass is 35.5. The molecule has 2 aliphatic rings. The molecule has 9 nitrogen and oxygen atoms in total. The minimum atomic E-state index is -1.27. The molecule has 0 aromatic heterocycles. The van der Waals surface area contributed by atoms with Crippen LogP contribution in [0.2, 0.25) is 0 Å². The second-order valence-corrected chi connectivity index (χ2v) is 6.53. The first kappa shape index (κ1) is 19.6. The maximum absolute atomic E-state index is 12.8. The van der Waals surface area contributed by atoms with Gasteiger partial charge in [0.05, 0.1) is 18.2 Å². The van der Waals surface area contributed by atoms with Gasteiger partial charge in [-0.05, 0) is 24.6 Å². The van der Waals surface area contributed by atoms with Crippen LogP contribution in [0, 0.1) is 0 Å². The number of fused-ring (bicyclic) bond motifs is 1. The fraction of sp³-hybridized carbons (Fsp3) is 0.278. The van der Waals surface area contributed by atoms with Gasteiger partial charge in [0.15, 0.2) is 6.04 Å². The summed E-state index contributed by atoms with van der Waals surface area (Å²) in [4.78, 5) is 62.2. The third-order valence-corrected chi connectivity index (χ3v) is 4.93. The average Bonchev–Trinajstić information content (AvgIpc) is 2.95. The molecule has 146 valence electrons. The molecular weight excluding hydrogens is 392 g/mol. The van der Waals surface area contributed by atoms with Crippen LogP contribution < -0.4 is 0 Å². The molecule has 1 aromatic carbocycles. The summed E-state index contributed by atoms with van der Waals surface area (Å²) in [5.74, 6) is -2.85. The third-order valence-electron chi connectivity index (χ3n) is 4.49. The quantitative estimate of drug-likeness (QED) is 0.130. The molecule has 2 aliphatic heterocycles. The van der Waals surface area contributed by atoms with Crippen LogP contribution in [0.15, 0.2) is 35.5 Å². The van der Waals surface area contributed by atoms with Crippen molar-refractivity contribution in [3.8, 4) is 0 Å². The SMILES string of the molecule is COC(=O)C(=C(C)COC=O)N1C(=O)[C@H](N2C(=O)c3ccccc3C2=O)[C@H]1Cl. The molecule has 1 saturated heterocycles. The van der Waals surface area contributed by atoms with E-state index in [0.29, 0.717) is 0 Å². The van der Waals surface area contributed by atoms with Crippen molar-refractivity contribution in [3.05, 3.63) is 46.7 Å². The number of benzene rings is 1. The summed E-state index contributed by atoms with van der Waals surface area (Å²) in [6, 6.07) is 4.92. The Kier molecular flexibility index (Phi) is 5.19. The van der Waals surface area contributed by atoms with Crippen LogP contribution in [-0.2, 0) is 23.9 Å². The second kappa shape index (κ2) is 7.43. The van der Waals surface area contributed by atoms with E-state index in [4.69, 9.17) is 11.6 Å². The molecule has 0 aliphatic carbocycles. The maximum atomic E-state index is 12.8. The molecule has 0 radical (unpaired) electrons. The number of β-lactam (4-membered cyclic amide) rings is 1. The maximum Gasteiger partial charge on any atom is 0.354 e. The van der Waals surface area contributed by atoms with Gasteiger partial charge in [0, 0.05) is 0 Å². The summed E-state index contributed by atoms with van der Waals surface area (Å²) >= 11 is 6.31. The summed E-state index contributed by atoms with van der Waals surface area (Å²) in [5, 5.41) is 0. The average molecular weight is 407 g/mol. The molecule has 0 unspecified atom stereocenters. The van der Waals surface area contributed by atoms with E-state index in [1.807, 2.05) is 0 Å². The number of amides is 3. The summed E-state index contributed by atoms with van der Waals surface area (Å²) in [6.45, 7) is 1.39. The van der Waals surface area contributed by atoms with Crippen LogP contribution in [-0.4, -0.2) is 65.2 Å². The lowest BCUT2D eigenvalue weighted by Gasteiger charge is -2.46. The monoisotopic (exact) mass is 406 g/mol. The number of rotatable bonds is 6. The van der Waals surface area contributed by atoms with E-state index in [9.17, 15) is 24.0 Å². The number of ether oxygens (including phenoxy) is 2. The van der Waals surface area contributed by atoms with Crippen LogP contribution >= 0.6 is 11.6 Å². The van der Waals surface area contributed by atoms with Crippen molar-refractivity contribution in [3.63, 3.8) is 0 Å². The predicted octanol–water partition coefficient (Wildman–Crippen LogP) is 0.678. The molecule has 2 atom stereocenters. The van der Waals surface area contributed by atoms with Gasteiger partial charge >= 0.3 is 5.97 Å². The minimum Gasteiger partial charge on any atom is -0.464 e. The van der Waals surface area contributed by atoms with Crippen LogP contribution in [0.3, 0.4) is 0 Å². The van der Waals surface area contributed by atoms with Gasteiger partial charge in [-0.2, -0.15) is 0 Å². The Bertz CT molecular complexity index is 891. The highest BCUT2D eigenvalue weighted by Gasteiger charge is 2.58. The zero-order chi connectivity index (χ0) is 20.6. The second-order valence-electron chi connectivity index (χ2n) is 6.08. The van der Waals surface area contributed by atoms with Gasteiger partial charge in [-0.3, -0.25) is 29.0 Å². The van der Waals surface area contributed by atoms with Crippen LogP contribution in [0.5, 0.6) is 0 Å². The van der Waals surface area contributed by atoms with Crippen molar-refractivity contribution < 1.29 is 33.4 Å². The van der Waals surface area contributed by atoms with Crippen molar-refractivity contribution in [2.45, 2.75) is 18.5 Å². The van der Waals surface area contributed by atoms with Crippen LogP contribution in [0.1, 0.15) is 27.6 Å². The highest BCUT2D eigenvalue weighted by molar-refractivity contribution is 6.30. The first-order valence-electron chi connectivity index (χ1n) is 8.12. The fourth-order valence-corrected chi connectivity index (χ4v) is 3.58. The molecule has 0 N–H and O–H groups in total. The van der Waals surface area contributed by atoms with Gasteiger partial charge in [-0.25, -0.2) is 4.79 Å². The molecule has 2 heterocycles. The van der Waals surface area contributed by atoms with Gasteiger partial charge in [0.25, 0.3) is 24.2 Å². The Morgan fingerprint density at radius 3 is 2.21 bits per heavy atom. The molecule has 28 heavy (non-hydrogen) atoms. The number of nitrogens with zero attached hydrogens (tertiary/aromatic N) is 2. The third kappa shape index (κ3) is 2.84. The molecule has 3 amide bonds. The molecule has 3 rings (SSSR count). The fourth-order valence-electron chi connectivity index (χ4n) is 3.17. The molecule has 0 saturated carbocycles. The van der Waals surface area contributed by atoms with Crippen LogP contribution in [0.25, 0.3) is 0 Å². The Labute approximate surface area is 164 Å². The van der Waals surface area contributed by atoms with Gasteiger partial charge in [0.2, 0.25) is 0 Å². The lowest BCUT2D eigenvalue weighted by atomic mass is 10.0. The van der Waals surface area contributed by atoms with E-state index in [1.54, 1.807) is 12.1 Å².